The zero-order chi connectivity index (χ0) is 43.1. The first kappa shape index (κ1) is 41.6. The fraction of sp³-hybridized carbons (Fsp3) is 0.432. The lowest BCUT2D eigenvalue weighted by atomic mass is 9.89. The Labute approximate surface area is 351 Å². The second-order valence-electron chi connectivity index (χ2n) is 16.5. The molecule has 8 rings (SSSR count). The summed E-state index contributed by atoms with van der Waals surface area (Å²) in [6.45, 7) is 6.48. The fourth-order valence-electron chi connectivity index (χ4n) is 8.75. The fourth-order valence-corrected chi connectivity index (χ4v) is 8.75. The highest BCUT2D eigenvalue weighted by Crippen LogP contribution is 2.38. The van der Waals surface area contributed by atoms with Crippen LogP contribution in [0.1, 0.15) is 88.9 Å². The van der Waals surface area contributed by atoms with Crippen LogP contribution in [-0.2, 0) is 23.1 Å². The molecular weight excluding hydrogens is 792 g/mol. The van der Waals surface area contributed by atoms with Gasteiger partial charge in [0.15, 0.2) is 0 Å². The van der Waals surface area contributed by atoms with Crippen molar-refractivity contribution in [3.05, 3.63) is 88.0 Å². The third-order valence-electron chi connectivity index (χ3n) is 12.1. The number of nitrogens with one attached hydrogen (secondary N) is 2. The molecule has 4 aromatic rings. The molecule has 2 atom stereocenters. The number of amides is 4. The van der Waals surface area contributed by atoms with Crippen LogP contribution in [0, 0.1) is 30.3 Å². The third kappa shape index (κ3) is 8.60. The van der Waals surface area contributed by atoms with E-state index in [0.717, 1.165) is 12.8 Å². The lowest BCUT2D eigenvalue weighted by molar-refractivity contribution is -0.134. The topological polar surface area (TPSA) is 154 Å². The van der Waals surface area contributed by atoms with Crippen LogP contribution in [0.4, 0.5) is 24.5 Å². The molecule has 2 bridgehead atoms. The van der Waals surface area contributed by atoms with E-state index < -0.39 is 47.0 Å². The van der Waals surface area contributed by atoms with Crippen molar-refractivity contribution in [2.24, 2.45) is 18.0 Å². The summed E-state index contributed by atoms with van der Waals surface area (Å²) in [6, 6.07) is 8.44. The van der Waals surface area contributed by atoms with Gasteiger partial charge in [-0.2, -0.15) is 10.1 Å². The monoisotopic (exact) mass is 839 g/mol. The Bertz CT molecular complexity index is 2420. The van der Waals surface area contributed by atoms with Gasteiger partial charge in [0.1, 0.15) is 17.5 Å². The number of nitrogens with zero attached hydrogens (tertiary/aromatic N) is 7. The molecule has 6 heterocycles. The molecule has 0 radical (unpaired) electrons. The minimum Gasteiger partial charge on any atom is -0.477 e. The van der Waals surface area contributed by atoms with Crippen LogP contribution < -0.4 is 20.3 Å². The molecule has 2 aromatic heterocycles. The van der Waals surface area contributed by atoms with Crippen molar-refractivity contribution in [2.45, 2.75) is 70.8 Å². The van der Waals surface area contributed by atoms with Crippen LogP contribution in [0.5, 0.6) is 5.88 Å². The Morgan fingerprint density at radius 2 is 1.72 bits per heavy atom. The van der Waals surface area contributed by atoms with Gasteiger partial charge >= 0.3 is 0 Å². The summed E-state index contributed by atoms with van der Waals surface area (Å²) < 4.78 is 53.9. The van der Waals surface area contributed by atoms with Crippen LogP contribution >= 0.6 is 0 Å². The molecule has 14 nitrogen and oxygen atoms in total. The molecule has 0 spiro atoms. The number of aliphatic imine (C=N–C) groups is 1. The number of halogens is 3. The van der Waals surface area contributed by atoms with Crippen LogP contribution in [0.25, 0.3) is 11.3 Å². The maximum absolute atomic E-state index is 15.9. The van der Waals surface area contributed by atoms with E-state index in [-0.39, 0.29) is 41.9 Å². The number of aromatic nitrogens is 3. The number of benzene rings is 2. The van der Waals surface area contributed by atoms with Crippen LogP contribution in [-0.4, -0.2) is 100 Å². The molecule has 2 N–H and O–H groups in total. The number of guanidine groups is 1. The highest BCUT2D eigenvalue weighted by atomic mass is 19.1. The van der Waals surface area contributed by atoms with Crippen molar-refractivity contribution in [1.29, 1.82) is 0 Å². The van der Waals surface area contributed by atoms with Crippen molar-refractivity contribution in [3.8, 4) is 17.1 Å². The number of hydrogen-bond donors (Lipinski definition) is 2. The molecule has 4 amide bonds. The normalized spacial score (nSPS) is 20.9. The number of aryl methyl sites for hydroxylation is 2. The number of rotatable bonds is 6. The molecule has 4 aliphatic rings. The number of piperidine rings is 2. The number of likely N-dealkylation sites (tertiary alicyclic amines) is 1. The highest BCUT2D eigenvalue weighted by molar-refractivity contribution is 6.19. The molecule has 0 saturated carbocycles. The molecule has 17 heteroatoms. The van der Waals surface area contributed by atoms with E-state index in [1.54, 1.807) is 48.9 Å². The van der Waals surface area contributed by atoms with E-state index in [4.69, 9.17) is 4.74 Å². The Balaban J connectivity index is 0.947. The van der Waals surface area contributed by atoms with Gasteiger partial charge in [0, 0.05) is 75.6 Å². The van der Waals surface area contributed by atoms with E-state index in [1.807, 2.05) is 4.90 Å². The Morgan fingerprint density at radius 3 is 2.46 bits per heavy atom. The van der Waals surface area contributed by atoms with Gasteiger partial charge in [-0.05, 0) is 87.3 Å². The number of carbonyl (C=O) groups excluding carboxylic acids is 4. The van der Waals surface area contributed by atoms with E-state index >= 15 is 13.2 Å². The molecule has 0 aliphatic carbocycles. The number of ether oxygens (including phenoxy) is 1. The van der Waals surface area contributed by atoms with E-state index in [9.17, 15) is 19.2 Å². The average molecular weight is 840 g/mol. The van der Waals surface area contributed by atoms with E-state index in [0.29, 0.717) is 97.4 Å². The van der Waals surface area contributed by atoms with Gasteiger partial charge in [0.2, 0.25) is 23.7 Å². The van der Waals surface area contributed by atoms with E-state index in [1.165, 1.54) is 24.3 Å². The number of imide groups is 1. The second-order valence-corrected chi connectivity index (χ2v) is 16.5. The van der Waals surface area contributed by atoms with E-state index in [2.05, 4.69) is 37.5 Å². The molecule has 320 valence electrons. The Morgan fingerprint density at radius 1 is 0.967 bits per heavy atom. The molecule has 2 fully saturated rings. The standard InChI is InChI=1S/C44H48F3N9O5/c1-24-6-5-15-61-43-31(22-48-54(43)4)35-19-27(16-25(2)49-35)40(58)52-44-50-36-21-32(45)30(20-37(36)56(44)23-24)42(60)53(3)28-10-13-55(14-11-28)12-9-26-17-33(46)39(34(47)18-26)29-7-8-38(57)51-41(29)59/h16-22,24,28-29H,5-15,23H2,1-4H3,(H,50,52,58)(H,51,57,59)/t24-,29-/m1/s1. The lowest BCUT2D eigenvalue weighted by Crippen LogP contribution is -2.46. The first-order valence-electron chi connectivity index (χ1n) is 20.7. The highest BCUT2D eigenvalue weighted by Gasteiger charge is 2.35. The summed E-state index contributed by atoms with van der Waals surface area (Å²) in [5, 5.41) is 9.65. The molecule has 2 saturated heterocycles. The van der Waals surface area contributed by atoms with Crippen molar-refractivity contribution in [1.82, 2.24) is 29.9 Å². The van der Waals surface area contributed by atoms with Gasteiger partial charge in [0.25, 0.3) is 11.8 Å². The zero-order valence-corrected chi connectivity index (χ0v) is 34.6. The number of carbonyl (C=O) groups is 4. The Kier molecular flexibility index (Phi) is 11.7. The zero-order valence-electron chi connectivity index (χ0n) is 34.6. The summed E-state index contributed by atoms with van der Waals surface area (Å²) in [5.41, 5.74) is 3.07. The number of fused-ring (bicyclic) bond motifs is 7. The Hall–Kier alpha value is -6.10. The molecule has 4 aliphatic heterocycles. The third-order valence-corrected chi connectivity index (χ3v) is 12.1. The lowest BCUT2D eigenvalue weighted by Gasteiger charge is -2.37. The van der Waals surface area contributed by atoms with Gasteiger partial charge in [-0.1, -0.05) is 6.92 Å². The smallest absolute Gasteiger partial charge is 0.280 e. The summed E-state index contributed by atoms with van der Waals surface area (Å²) in [6.07, 6.45) is 4.81. The predicted molar refractivity (Wildman–Crippen MR) is 221 cm³/mol. The summed E-state index contributed by atoms with van der Waals surface area (Å²) in [4.78, 5) is 66.3. The summed E-state index contributed by atoms with van der Waals surface area (Å²) in [7, 11) is 3.46. The maximum Gasteiger partial charge on any atom is 0.280 e. The minimum absolute atomic E-state index is 0.0194. The second kappa shape index (κ2) is 17.1. The van der Waals surface area contributed by atoms with Gasteiger partial charge in [0.05, 0.1) is 46.9 Å². The predicted octanol–water partition coefficient (Wildman–Crippen LogP) is 5.74. The van der Waals surface area contributed by atoms with Gasteiger partial charge in [-0.3, -0.25) is 29.5 Å². The molecule has 61 heavy (non-hydrogen) atoms. The SMILES string of the molecule is Cc1cc2cc(n1)-c1cnn(C)c1OCCC[C@@H](C)CN1/C(=N/C2=O)Nc2cc(F)c(C(=O)N(C)C3CCN(CCc4cc(F)c([C@H]5CCC(=O)NC5=O)c(F)c4)CC3)cc21. The first-order chi connectivity index (χ1) is 29.2. The number of anilines is 2. The van der Waals surface area contributed by atoms with Gasteiger partial charge in [-0.15, -0.1) is 0 Å². The first-order valence-corrected chi connectivity index (χ1v) is 20.7. The van der Waals surface area contributed by atoms with Gasteiger partial charge < -0.3 is 24.8 Å². The quantitative estimate of drug-likeness (QED) is 0.230. The van der Waals surface area contributed by atoms with Crippen molar-refractivity contribution in [3.63, 3.8) is 0 Å². The van der Waals surface area contributed by atoms with Crippen molar-refractivity contribution >= 4 is 41.0 Å². The maximum atomic E-state index is 15.9. The number of hydrogen-bond acceptors (Lipinski definition) is 10. The number of pyridine rings is 1. The summed E-state index contributed by atoms with van der Waals surface area (Å²) in [5.74, 6) is -4.65. The largest absolute Gasteiger partial charge is 0.477 e. The van der Waals surface area contributed by atoms with Crippen molar-refractivity contribution < 1.29 is 37.1 Å². The van der Waals surface area contributed by atoms with Crippen molar-refractivity contribution in [2.75, 3.05) is 50.1 Å². The average Bonchev–Trinajstić information content (AvgIpc) is 3.75. The van der Waals surface area contributed by atoms with Crippen LogP contribution in [0.3, 0.4) is 0 Å². The van der Waals surface area contributed by atoms with Gasteiger partial charge in [-0.25, -0.2) is 17.9 Å². The summed E-state index contributed by atoms with van der Waals surface area (Å²) >= 11 is 0. The van der Waals surface area contributed by atoms with Crippen LogP contribution in [0.15, 0.2) is 47.6 Å². The molecule has 0 unspecified atom stereocenters. The molecular formula is C44H48F3N9O5. The minimum atomic E-state index is -1.06. The van der Waals surface area contributed by atoms with Crippen LogP contribution in [0.2, 0.25) is 0 Å². The molecule has 2 aromatic carbocycles.